The summed E-state index contributed by atoms with van der Waals surface area (Å²) < 4.78 is 16.7. The molecule has 0 aliphatic carbocycles. The van der Waals surface area contributed by atoms with Gasteiger partial charge in [0.1, 0.15) is 17.6 Å². The average Bonchev–Trinajstić information content (AvgIpc) is 3.32. The molecule has 0 amide bonds. The molecule has 8 heteroatoms. The molecule has 1 aromatic heterocycles. The first-order valence-electron chi connectivity index (χ1n) is 10.3. The van der Waals surface area contributed by atoms with Crippen molar-refractivity contribution in [2.24, 2.45) is 4.99 Å². The SMILES string of the molecule is CN=C(NCC(C)Oc1ccc(OC)cc1)NCC(c1cccs1)N1CCOCC1. The van der Waals surface area contributed by atoms with Crippen molar-refractivity contribution in [2.45, 2.75) is 19.1 Å². The molecule has 2 heterocycles. The smallest absolute Gasteiger partial charge is 0.191 e. The lowest BCUT2D eigenvalue weighted by Crippen LogP contribution is -2.47. The summed E-state index contributed by atoms with van der Waals surface area (Å²) >= 11 is 1.79. The number of methoxy groups -OCH3 is 1. The minimum Gasteiger partial charge on any atom is -0.497 e. The highest BCUT2D eigenvalue weighted by atomic mass is 32.1. The number of guanidine groups is 1. The van der Waals surface area contributed by atoms with Gasteiger partial charge in [-0.3, -0.25) is 9.89 Å². The molecule has 7 nitrogen and oxygen atoms in total. The monoisotopic (exact) mass is 432 g/mol. The first-order valence-corrected chi connectivity index (χ1v) is 11.2. The Balaban J connectivity index is 1.48. The third-order valence-electron chi connectivity index (χ3n) is 5.00. The summed E-state index contributed by atoms with van der Waals surface area (Å²) in [4.78, 5) is 8.21. The van der Waals surface area contributed by atoms with Gasteiger partial charge in [0.05, 0.1) is 32.9 Å². The van der Waals surface area contributed by atoms with Crippen LogP contribution in [0, 0.1) is 0 Å². The van der Waals surface area contributed by atoms with Crippen LogP contribution in [0.15, 0.2) is 46.8 Å². The number of nitrogens with zero attached hydrogens (tertiary/aromatic N) is 2. The molecule has 1 saturated heterocycles. The van der Waals surface area contributed by atoms with E-state index in [1.54, 1.807) is 25.5 Å². The molecule has 0 saturated carbocycles. The van der Waals surface area contributed by atoms with E-state index in [4.69, 9.17) is 14.2 Å². The van der Waals surface area contributed by atoms with Gasteiger partial charge in [-0.25, -0.2) is 0 Å². The summed E-state index contributed by atoms with van der Waals surface area (Å²) in [5.41, 5.74) is 0. The lowest BCUT2D eigenvalue weighted by atomic mass is 10.2. The van der Waals surface area contributed by atoms with E-state index in [0.717, 1.165) is 50.3 Å². The number of rotatable bonds is 9. The van der Waals surface area contributed by atoms with Crippen LogP contribution in [0.2, 0.25) is 0 Å². The van der Waals surface area contributed by atoms with Gasteiger partial charge in [-0.1, -0.05) is 6.07 Å². The fourth-order valence-corrected chi connectivity index (χ4v) is 4.22. The highest BCUT2D eigenvalue weighted by Gasteiger charge is 2.23. The Hall–Kier alpha value is -2.29. The molecule has 2 atom stereocenters. The predicted molar refractivity (Wildman–Crippen MR) is 122 cm³/mol. The Morgan fingerprint density at radius 1 is 1.13 bits per heavy atom. The van der Waals surface area contributed by atoms with Crippen molar-refractivity contribution < 1.29 is 14.2 Å². The molecular formula is C22H32N4O3S. The second-order valence-electron chi connectivity index (χ2n) is 7.12. The molecule has 2 N–H and O–H groups in total. The number of thiophene rings is 1. The Bertz CT molecular complexity index is 761. The van der Waals surface area contributed by atoms with Gasteiger partial charge in [0.25, 0.3) is 0 Å². The van der Waals surface area contributed by atoms with E-state index in [1.807, 2.05) is 31.2 Å². The van der Waals surface area contributed by atoms with Crippen molar-refractivity contribution in [1.29, 1.82) is 0 Å². The van der Waals surface area contributed by atoms with E-state index < -0.39 is 0 Å². The first kappa shape index (κ1) is 22.4. The number of hydrogen-bond acceptors (Lipinski definition) is 6. The Morgan fingerprint density at radius 2 is 1.83 bits per heavy atom. The zero-order chi connectivity index (χ0) is 21.2. The summed E-state index contributed by atoms with van der Waals surface area (Å²) in [6.45, 7) is 6.93. The maximum Gasteiger partial charge on any atom is 0.191 e. The number of hydrogen-bond donors (Lipinski definition) is 2. The molecule has 1 aliphatic heterocycles. The van der Waals surface area contributed by atoms with Gasteiger partial charge in [0, 0.05) is 31.6 Å². The quantitative estimate of drug-likeness (QED) is 0.469. The molecule has 0 radical (unpaired) electrons. The highest BCUT2D eigenvalue weighted by molar-refractivity contribution is 7.10. The Morgan fingerprint density at radius 3 is 2.47 bits per heavy atom. The van der Waals surface area contributed by atoms with Gasteiger partial charge in [-0.15, -0.1) is 11.3 Å². The fraction of sp³-hybridized carbons (Fsp3) is 0.500. The summed E-state index contributed by atoms with van der Waals surface area (Å²) in [5, 5.41) is 8.98. The van der Waals surface area contributed by atoms with Gasteiger partial charge < -0.3 is 24.8 Å². The second kappa shape index (κ2) is 11.8. The fourth-order valence-electron chi connectivity index (χ4n) is 3.36. The van der Waals surface area contributed by atoms with Crippen LogP contribution < -0.4 is 20.1 Å². The maximum absolute atomic E-state index is 5.97. The molecule has 2 unspecified atom stereocenters. The van der Waals surface area contributed by atoms with Crippen LogP contribution in [-0.4, -0.2) is 70.5 Å². The number of nitrogens with one attached hydrogen (secondary N) is 2. The Kier molecular flexibility index (Phi) is 8.80. The minimum absolute atomic E-state index is 0.00992. The lowest BCUT2D eigenvalue weighted by molar-refractivity contribution is 0.0177. The minimum atomic E-state index is -0.00992. The zero-order valence-electron chi connectivity index (χ0n) is 18.0. The molecule has 3 rings (SSSR count). The van der Waals surface area contributed by atoms with Crippen molar-refractivity contribution in [3.8, 4) is 11.5 Å². The summed E-state index contributed by atoms with van der Waals surface area (Å²) in [6.07, 6.45) is -0.00992. The van der Waals surface area contributed by atoms with Crippen molar-refractivity contribution in [3.63, 3.8) is 0 Å². The van der Waals surface area contributed by atoms with Crippen LogP contribution in [0.1, 0.15) is 17.8 Å². The zero-order valence-corrected chi connectivity index (χ0v) is 18.8. The van der Waals surface area contributed by atoms with Crippen LogP contribution in [-0.2, 0) is 4.74 Å². The number of aliphatic imine (C=N–C) groups is 1. The van der Waals surface area contributed by atoms with Crippen LogP contribution >= 0.6 is 11.3 Å². The van der Waals surface area contributed by atoms with Crippen molar-refractivity contribution in [2.75, 3.05) is 53.6 Å². The van der Waals surface area contributed by atoms with E-state index in [9.17, 15) is 0 Å². The summed E-state index contributed by atoms with van der Waals surface area (Å²) in [7, 11) is 3.45. The number of benzene rings is 1. The molecule has 0 spiro atoms. The van der Waals surface area contributed by atoms with E-state index >= 15 is 0 Å². The third-order valence-corrected chi connectivity index (χ3v) is 5.97. The summed E-state index contributed by atoms with van der Waals surface area (Å²) in [5.74, 6) is 2.41. The van der Waals surface area contributed by atoms with E-state index in [1.165, 1.54) is 4.88 Å². The Labute approximate surface area is 183 Å². The van der Waals surface area contributed by atoms with Gasteiger partial charge in [-0.05, 0) is 42.6 Å². The molecule has 0 bridgehead atoms. The normalized spacial score (nSPS) is 17.2. The van der Waals surface area contributed by atoms with Crippen LogP contribution in [0.25, 0.3) is 0 Å². The number of ether oxygens (including phenoxy) is 3. The molecule has 2 aromatic rings. The third kappa shape index (κ3) is 6.62. The predicted octanol–water partition coefficient (Wildman–Crippen LogP) is 2.76. The molecule has 30 heavy (non-hydrogen) atoms. The van der Waals surface area contributed by atoms with E-state index in [0.29, 0.717) is 12.6 Å². The van der Waals surface area contributed by atoms with E-state index in [2.05, 4.69) is 38.0 Å². The van der Waals surface area contributed by atoms with Gasteiger partial charge in [0.2, 0.25) is 0 Å². The van der Waals surface area contributed by atoms with Gasteiger partial charge in [-0.2, -0.15) is 0 Å². The first-order chi connectivity index (χ1) is 14.7. The topological polar surface area (TPSA) is 67.4 Å². The average molecular weight is 433 g/mol. The maximum atomic E-state index is 5.97. The molecule has 1 aliphatic rings. The molecule has 164 valence electrons. The summed E-state index contributed by atoms with van der Waals surface area (Å²) in [6, 6.07) is 12.2. The van der Waals surface area contributed by atoms with Gasteiger partial charge >= 0.3 is 0 Å². The van der Waals surface area contributed by atoms with Crippen LogP contribution in [0.5, 0.6) is 11.5 Å². The molecule has 1 aromatic carbocycles. The van der Waals surface area contributed by atoms with Crippen molar-refractivity contribution in [3.05, 3.63) is 46.7 Å². The van der Waals surface area contributed by atoms with E-state index in [-0.39, 0.29) is 6.10 Å². The van der Waals surface area contributed by atoms with Crippen molar-refractivity contribution in [1.82, 2.24) is 15.5 Å². The number of morpholine rings is 1. The second-order valence-corrected chi connectivity index (χ2v) is 8.10. The highest BCUT2D eigenvalue weighted by Crippen LogP contribution is 2.25. The lowest BCUT2D eigenvalue weighted by Gasteiger charge is -2.34. The van der Waals surface area contributed by atoms with Crippen LogP contribution in [0.3, 0.4) is 0 Å². The van der Waals surface area contributed by atoms with Gasteiger partial charge in [0.15, 0.2) is 5.96 Å². The largest absolute Gasteiger partial charge is 0.497 e. The molecule has 1 fully saturated rings. The molecular weight excluding hydrogens is 400 g/mol. The van der Waals surface area contributed by atoms with Crippen molar-refractivity contribution >= 4 is 17.3 Å². The van der Waals surface area contributed by atoms with Crippen LogP contribution in [0.4, 0.5) is 0 Å². The standard InChI is InChI=1S/C22H32N4O3S/c1-17(29-19-8-6-18(27-3)7-9-19)15-24-22(23-2)25-16-20(21-5-4-14-30-21)26-10-12-28-13-11-26/h4-9,14,17,20H,10-13,15-16H2,1-3H3,(H2,23,24,25).